The number of hydrogen-bond acceptors (Lipinski definition) is 2. The molecule has 0 aliphatic rings. The Labute approximate surface area is 97.7 Å². The lowest BCUT2D eigenvalue weighted by atomic mass is 10.1. The van der Waals surface area contributed by atoms with Crippen LogP contribution in [0.4, 0.5) is 5.69 Å². The molecule has 0 heterocycles. The second kappa shape index (κ2) is 5.07. The van der Waals surface area contributed by atoms with Crippen molar-refractivity contribution in [3.05, 3.63) is 27.7 Å². The molecule has 0 unspecified atom stereocenters. The quantitative estimate of drug-likeness (QED) is 0.824. The fourth-order valence-electron chi connectivity index (χ4n) is 1.26. The first-order valence-corrected chi connectivity index (χ1v) is 5.40. The van der Waals surface area contributed by atoms with E-state index in [1.54, 1.807) is 13.3 Å². The molecule has 0 aliphatic heterocycles. The summed E-state index contributed by atoms with van der Waals surface area (Å²) < 4.78 is 0.757. The Morgan fingerprint density at radius 2 is 2.20 bits per heavy atom. The van der Waals surface area contributed by atoms with E-state index in [0.29, 0.717) is 5.56 Å². The maximum Gasteiger partial charge on any atom is 0.252 e. The van der Waals surface area contributed by atoms with Crippen LogP contribution in [0.2, 0.25) is 0 Å². The Morgan fingerprint density at radius 1 is 1.53 bits per heavy atom. The van der Waals surface area contributed by atoms with Crippen molar-refractivity contribution in [2.45, 2.75) is 13.8 Å². The highest BCUT2D eigenvalue weighted by Gasteiger charge is 2.10. The van der Waals surface area contributed by atoms with E-state index in [0.717, 1.165) is 15.7 Å². The summed E-state index contributed by atoms with van der Waals surface area (Å²) >= 11 is 3.36. The first-order valence-electron chi connectivity index (χ1n) is 4.61. The van der Waals surface area contributed by atoms with Crippen LogP contribution in [0, 0.1) is 6.92 Å². The van der Waals surface area contributed by atoms with Crippen LogP contribution in [0.5, 0.6) is 0 Å². The van der Waals surface area contributed by atoms with Gasteiger partial charge in [0, 0.05) is 17.7 Å². The fourth-order valence-corrected chi connectivity index (χ4v) is 1.77. The van der Waals surface area contributed by atoms with E-state index >= 15 is 0 Å². The van der Waals surface area contributed by atoms with E-state index < -0.39 is 0 Å². The van der Waals surface area contributed by atoms with E-state index in [4.69, 9.17) is 0 Å². The Hall–Kier alpha value is -1.16. The molecular formula is C11H13BrN2O. The maximum absolute atomic E-state index is 11.5. The van der Waals surface area contributed by atoms with Crippen molar-refractivity contribution in [2.75, 3.05) is 7.05 Å². The Balaban J connectivity index is 3.25. The van der Waals surface area contributed by atoms with Crippen molar-refractivity contribution in [3.8, 4) is 0 Å². The number of nitrogens with one attached hydrogen (secondary N) is 1. The molecule has 0 radical (unpaired) electrons. The standard InChI is InChI=1S/C11H13BrN2O/c1-4-14-10-6-9(12)8(5-7(10)2)11(15)13-3/h4-6H,1-3H3,(H,13,15). The first-order chi connectivity index (χ1) is 7.10. The topological polar surface area (TPSA) is 41.5 Å². The third-order valence-electron chi connectivity index (χ3n) is 2.03. The van der Waals surface area contributed by atoms with Crippen LogP contribution in [0.1, 0.15) is 22.8 Å². The van der Waals surface area contributed by atoms with E-state index in [9.17, 15) is 4.79 Å². The van der Waals surface area contributed by atoms with Gasteiger partial charge in [-0.15, -0.1) is 0 Å². The van der Waals surface area contributed by atoms with Gasteiger partial charge in [0.25, 0.3) is 5.91 Å². The highest BCUT2D eigenvalue weighted by Crippen LogP contribution is 2.27. The van der Waals surface area contributed by atoms with Gasteiger partial charge in [-0.05, 0) is 47.5 Å². The predicted molar refractivity (Wildman–Crippen MR) is 66.1 cm³/mol. The summed E-state index contributed by atoms with van der Waals surface area (Å²) in [7, 11) is 1.61. The van der Waals surface area contributed by atoms with Gasteiger partial charge < -0.3 is 5.32 Å². The highest BCUT2D eigenvalue weighted by atomic mass is 79.9. The number of benzene rings is 1. The van der Waals surface area contributed by atoms with Crippen LogP contribution in [0.25, 0.3) is 0 Å². The minimum absolute atomic E-state index is 0.1000. The smallest absolute Gasteiger partial charge is 0.252 e. The fraction of sp³-hybridized carbons (Fsp3) is 0.273. The van der Waals surface area contributed by atoms with Gasteiger partial charge in [0.2, 0.25) is 0 Å². The Morgan fingerprint density at radius 3 is 2.73 bits per heavy atom. The molecule has 1 rings (SSSR count). The van der Waals surface area contributed by atoms with E-state index in [1.807, 2.05) is 26.0 Å². The zero-order valence-corrected chi connectivity index (χ0v) is 10.6. The number of nitrogens with zero attached hydrogens (tertiary/aromatic N) is 1. The van der Waals surface area contributed by atoms with Crippen molar-refractivity contribution >= 4 is 33.7 Å². The zero-order chi connectivity index (χ0) is 11.4. The predicted octanol–water partition coefficient (Wildman–Crippen LogP) is 2.84. The normalized spacial score (nSPS) is 10.7. The molecule has 0 atom stereocenters. The van der Waals surface area contributed by atoms with Crippen LogP contribution >= 0.6 is 15.9 Å². The van der Waals surface area contributed by atoms with Crippen molar-refractivity contribution in [2.24, 2.45) is 4.99 Å². The lowest BCUT2D eigenvalue weighted by Crippen LogP contribution is -2.18. The summed E-state index contributed by atoms with van der Waals surface area (Å²) in [5, 5.41) is 2.59. The number of hydrogen-bond donors (Lipinski definition) is 1. The minimum atomic E-state index is -0.1000. The van der Waals surface area contributed by atoms with Gasteiger partial charge >= 0.3 is 0 Å². The Bertz CT molecular complexity index is 413. The molecule has 0 fully saturated rings. The van der Waals surface area contributed by atoms with Crippen molar-refractivity contribution in [1.29, 1.82) is 0 Å². The molecule has 4 heteroatoms. The lowest BCUT2D eigenvalue weighted by Gasteiger charge is -2.07. The van der Waals surface area contributed by atoms with Gasteiger partial charge in [-0.2, -0.15) is 0 Å². The monoisotopic (exact) mass is 268 g/mol. The molecule has 80 valence electrons. The van der Waals surface area contributed by atoms with Gasteiger partial charge in [0.05, 0.1) is 11.3 Å². The van der Waals surface area contributed by atoms with Crippen molar-refractivity contribution < 1.29 is 4.79 Å². The highest BCUT2D eigenvalue weighted by molar-refractivity contribution is 9.10. The molecule has 0 aromatic heterocycles. The number of rotatable bonds is 2. The van der Waals surface area contributed by atoms with Crippen LogP contribution in [0.3, 0.4) is 0 Å². The first kappa shape index (κ1) is 11.9. The van der Waals surface area contributed by atoms with E-state index in [2.05, 4.69) is 26.2 Å². The molecule has 0 spiro atoms. The summed E-state index contributed by atoms with van der Waals surface area (Å²) in [6.07, 6.45) is 1.73. The SMILES string of the molecule is CC=Nc1cc(Br)c(C(=O)NC)cc1C. The molecule has 3 nitrogen and oxygen atoms in total. The summed E-state index contributed by atoms with van der Waals surface area (Å²) in [6, 6.07) is 3.67. The Kier molecular flexibility index (Phi) is 4.03. The summed E-state index contributed by atoms with van der Waals surface area (Å²) in [4.78, 5) is 15.7. The number of aliphatic imine (C=N–C) groups is 1. The largest absolute Gasteiger partial charge is 0.355 e. The summed E-state index contributed by atoms with van der Waals surface area (Å²) in [5.74, 6) is -0.1000. The third-order valence-corrected chi connectivity index (χ3v) is 2.68. The molecule has 0 bridgehead atoms. The van der Waals surface area contributed by atoms with Crippen LogP contribution in [-0.2, 0) is 0 Å². The average Bonchev–Trinajstić information content (AvgIpc) is 2.22. The lowest BCUT2D eigenvalue weighted by molar-refractivity contribution is 0.0962. The van der Waals surface area contributed by atoms with Crippen molar-refractivity contribution in [1.82, 2.24) is 5.32 Å². The second-order valence-electron chi connectivity index (χ2n) is 3.08. The number of carbonyl (C=O) groups is 1. The van der Waals surface area contributed by atoms with Gasteiger partial charge in [-0.1, -0.05) is 0 Å². The second-order valence-corrected chi connectivity index (χ2v) is 3.94. The van der Waals surface area contributed by atoms with Gasteiger partial charge in [-0.3, -0.25) is 9.79 Å². The number of halogens is 1. The van der Waals surface area contributed by atoms with Gasteiger partial charge in [0.1, 0.15) is 0 Å². The molecule has 1 amide bonds. The van der Waals surface area contributed by atoms with Gasteiger partial charge in [-0.25, -0.2) is 0 Å². The molecule has 0 saturated carbocycles. The van der Waals surface area contributed by atoms with Crippen LogP contribution in [-0.4, -0.2) is 19.2 Å². The van der Waals surface area contributed by atoms with E-state index in [-0.39, 0.29) is 5.91 Å². The number of amides is 1. The molecule has 0 aliphatic carbocycles. The van der Waals surface area contributed by atoms with Gasteiger partial charge in [0.15, 0.2) is 0 Å². The van der Waals surface area contributed by atoms with Crippen LogP contribution in [0.15, 0.2) is 21.6 Å². The maximum atomic E-state index is 11.5. The molecule has 0 saturated heterocycles. The zero-order valence-electron chi connectivity index (χ0n) is 8.97. The molecule has 1 N–H and O–H groups in total. The molecule has 1 aromatic carbocycles. The van der Waals surface area contributed by atoms with Crippen LogP contribution < -0.4 is 5.32 Å². The molecular weight excluding hydrogens is 256 g/mol. The number of carbonyl (C=O) groups excluding carboxylic acids is 1. The third kappa shape index (κ3) is 2.65. The molecule has 1 aromatic rings. The van der Waals surface area contributed by atoms with Crippen molar-refractivity contribution in [3.63, 3.8) is 0 Å². The molecule has 15 heavy (non-hydrogen) atoms. The minimum Gasteiger partial charge on any atom is -0.355 e. The summed E-state index contributed by atoms with van der Waals surface area (Å²) in [6.45, 7) is 3.79. The summed E-state index contributed by atoms with van der Waals surface area (Å²) in [5.41, 5.74) is 2.48. The van der Waals surface area contributed by atoms with E-state index in [1.165, 1.54) is 0 Å². The number of aryl methyl sites for hydroxylation is 1. The average molecular weight is 269 g/mol.